The highest BCUT2D eigenvalue weighted by Crippen LogP contribution is 2.78. The molecule has 88 heavy (non-hydrogen) atoms. The smallest absolute Gasteiger partial charge is 0.127 e. The van der Waals surface area contributed by atoms with E-state index in [9.17, 15) is 0 Å². The van der Waals surface area contributed by atoms with Gasteiger partial charge in [0.15, 0.2) is 0 Å². The van der Waals surface area contributed by atoms with Crippen molar-refractivity contribution in [2.75, 3.05) is 28.4 Å². The maximum absolute atomic E-state index is 7.19. The highest BCUT2D eigenvalue weighted by atomic mass is 16.5. The van der Waals surface area contributed by atoms with Gasteiger partial charge in [-0.3, -0.25) is 0 Å². The molecule has 0 amide bonds. The minimum Gasteiger partial charge on any atom is -0.500 e. The predicted molar refractivity (Wildman–Crippen MR) is 359 cm³/mol. The van der Waals surface area contributed by atoms with Crippen molar-refractivity contribution in [3.8, 4) is 28.0 Å². The first-order valence-corrected chi connectivity index (χ1v) is 32.1. The first-order chi connectivity index (χ1) is 43.1. The predicted octanol–water partition coefficient (Wildman–Crippen LogP) is 20.1. The quantitative estimate of drug-likeness (QED) is 0.152. The number of fused-ring (bicyclic) bond motifs is 13. The van der Waals surface area contributed by atoms with Crippen LogP contribution in [0.15, 0.2) is 222 Å². The molecule has 0 spiro atoms. The van der Waals surface area contributed by atoms with E-state index in [0.717, 1.165) is 47.9 Å². The van der Waals surface area contributed by atoms with Crippen LogP contribution in [0.25, 0.3) is 83.2 Å². The zero-order valence-corrected chi connectivity index (χ0v) is 51.2. The van der Waals surface area contributed by atoms with E-state index >= 15 is 0 Å². The Bertz CT molecular complexity index is 4860. The molecule has 0 heterocycles. The van der Waals surface area contributed by atoms with Crippen LogP contribution in [0.4, 0.5) is 0 Å². The molecule has 9 atom stereocenters. The molecule has 0 aliphatic heterocycles. The fraction of sp³-hybridized carbons (Fsp3) is 0.238. The molecular formula is C84H68O4. The summed E-state index contributed by atoms with van der Waals surface area (Å²) >= 11 is 0. The van der Waals surface area contributed by atoms with Gasteiger partial charge >= 0.3 is 0 Å². The summed E-state index contributed by atoms with van der Waals surface area (Å²) in [4.78, 5) is 0. The second kappa shape index (κ2) is 17.8. The van der Waals surface area contributed by atoms with Gasteiger partial charge in [-0.15, -0.1) is 0 Å². The second-order valence-electron chi connectivity index (χ2n) is 27.3. The summed E-state index contributed by atoms with van der Waals surface area (Å²) in [5, 5.41) is 2.67. The number of ether oxygens (including phenoxy) is 4. The molecular weight excluding hydrogens is 1070 g/mol. The van der Waals surface area contributed by atoms with Crippen LogP contribution in [0.5, 0.6) is 5.75 Å². The average Bonchev–Trinajstić information content (AvgIpc) is 1.43. The van der Waals surface area contributed by atoms with E-state index < -0.39 is 5.41 Å². The molecule has 0 N–H and O–H groups in total. The van der Waals surface area contributed by atoms with Gasteiger partial charge in [-0.25, -0.2) is 0 Å². The number of benzene rings is 7. The lowest BCUT2D eigenvalue weighted by molar-refractivity contribution is 0.230. The zero-order chi connectivity index (χ0) is 59.0. The minimum absolute atomic E-state index is 0.0212. The Morgan fingerprint density at radius 1 is 0.534 bits per heavy atom. The van der Waals surface area contributed by atoms with Crippen LogP contribution in [-0.4, -0.2) is 28.4 Å². The second-order valence-corrected chi connectivity index (χ2v) is 27.3. The lowest BCUT2D eigenvalue weighted by Crippen LogP contribution is -2.42. The lowest BCUT2D eigenvalue weighted by Gasteiger charge is -2.53. The molecule has 9 unspecified atom stereocenters. The van der Waals surface area contributed by atoms with E-state index in [-0.39, 0.29) is 40.9 Å². The van der Waals surface area contributed by atoms with Crippen molar-refractivity contribution in [1.82, 2.24) is 0 Å². The van der Waals surface area contributed by atoms with E-state index in [0.29, 0.717) is 5.92 Å². The molecule has 428 valence electrons. The van der Waals surface area contributed by atoms with Gasteiger partial charge < -0.3 is 18.9 Å². The van der Waals surface area contributed by atoms with Crippen LogP contribution in [0.3, 0.4) is 0 Å². The van der Waals surface area contributed by atoms with Gasteiger partial charge in [0.25, 0.3) is 0 Å². The molecule has 7 aromatic carbocycles. The molecule has 7 aromatic rings. The zero-order valence-electron chi connectivity index (χ0n) is 51.2. The summed E-state index contributed by atoms with van der Waals surface area (Å²) in [6, 6.07) is 50.4. The maximum Gasteiger partial charge on any atom is 0.127 e. The minimum atomic E-state index is -0.627. The molecule has 0 radical (unpaired) electrons. The Hall–Kier alpha value is -9.12. The molecule has 12 aliphatic carbocycles. The van der Waals surface area contributed by atoms with Crippen molar-refractivity contribution in [2.45, 2.75) is 58.8 Å². The van der Waals surface area contributed by atoms with Crippen molar-refractivity contribution in [3.05, 3.63) is 283 Å². The van der Waals surface area contributed by atoms with Crippen molar-refractivity contribution in [2.24, 2.45) is 40.4 Å². The van der Waals surface area contributed by atoms with E-state index in [1.54, 1.807) is 0 Å². The molecule has 4 heteroatoms. The molecule has 4 nitrogen and oxygen atoms in total. The summed E-state index contributed by atoms with van der Waals surface area (Å²) in [7, 11) is 7.66. The molecule has 0 aromatic heterocycles. The monoisotopic (exact) mass is 1140 g/mol. The van der Waals surface area contributed by atoms with Gasteiger partial charge in [-0.1, -0.05) is 198 Å². The van der Waals surface area contributed by atoms with Gasteiger partial charge in [0, 0.05) is 63.2 Å². The van der Waals surface area contributed by atoms with Gasteiger partial charge in [0.2, 0.25) is 0 Å². The Morgan fingerprint density at radius 2 is 1.23 bits per heavy atom. The third-order valence-corrected chi connectivity index (χ3v) is 23.2. The van der Waals surface area contributed by atoms with Crippen LogP contribution in [0.1, 0.15) is 120 Å². The third kappa shape index (κ3) is 6.03. The molecule has 0 bridgehead atoms. The third-order valence-electron chi connectivity index (χ3n) is 23.2. The van der Waals surface area contributed by atoms with Gasteiger partial charge in [-0.05, 0) is 188 Å². The van der Waals surface area contributed by atoms with Crippen molar-refractivity contribution in [3.63, 3.8) is 0 Å². The van der Waals surface area contributed by atoms with Gasteiger partial charge in [0.05, 0.1) is 28.4 Å². The number of rotatable bonds is 8. The first-order valence-electron chi connectivity index (χ1n) is 32.1. The van der Waals surface area contributed by atoms with Crippen LogP contribution in [-0.2, 0) is 14.2 Å². The van der Waals surface area contributed by atoms with Crippen LogP contribution < -0.4 is 4.74 Å². The summed E-state index contributed by atoms with van der Waals surface area (Å²) < 4.78 is 28.5. The van der Waals surface area contributed by atoms with Gasteiger partial charge in [-0.2, -0.15) is 0 Å². The van der Waals surface area contributed by atoms with Crippen molar-refractivity contribution < 1.29 is 18.9 Å². The molecule has 0 saturated heterocycles. The Kier molecular flexibility index (Phi) is 10.3. The Labute approximate surface area is 516 Å². The lowest BCUT2D eigenvalue weighted by atomic mass is 9.50. The van der Waals surface area contributed by atoms with E-state index in [1.807, 2.05) is 28.4 Å². The average molecular weight is 1140 g/mol. The summed E-state index contributed by atoms with van der Waals surface area (Å²) in [5.74, 6) is 4.12. The molecule has 19 rings (SSSR count). The van der Waals surface area contributed by atoms with Crippen molar-refractivity contribution in [1.29, 1.82) is 0 Å². The van der Waals surface area contributed by atoms with Crippen LogP contribution >= 0.6 is 0 Å². The fourth-order valence-corrected chi connectivity index (χ4v) is 20.5. The van der Waals surface area contributed by atoms with E-state index in [1.165, 1.54) is 156 Å². The standard InChI is InChI=1S/C84H68O4/c1-43-38-54-71-63(47-26-15-10-16-27-47)72-56-41-58(86-6)74-73-57(85-5)39-53-69-62(46-24-13-9-14-25-46)66-50-34-21-32-45-33-22-35-51(61(45)50)67(66)64(48-28-17-11-18-29-48)76(69)78-70(53)75(73)60(44(2)82(78)88-8)55-40-59(87-7)81(84(56,4)80(55)74)77(72)65(49-30-19-12-20-31-49)68(71)52-36-23-37-83(3,42-43)79(52)54/h10-13,15-41,43-44,60,62,66,79-80H,9,14,42H2,1-8H3. The van der Waals surface area contributed by atoms with Crippen LogP contribution in [0, 0.1) is 40.4 Å². The maximum atomic E-state index is 7.19. The van der Waals surface area contributed by atoms with Crippen molar-refractivity contribution >= 4 is 60.9 Å². The van der Waals surface area contributed by atoms with E-state index in [4.69, 9.17) is 18.9 Å². The molecule has 12 aliphatic rings. The highest BCUT2D eigenvalue weighted by Gasteiger charge is 2.64. The van der Waals surface area contributed by atoms with E-state index in [2.05, 4.69) is 216 Å². The van der Waals surface area contributed by atoms with Crippen LogP contribution in [0.2, 0.25) is 0 Å². The number of hydrogen-bond donors (Lipinski definition) is 0. The molecule has 0 fully saturated rings. The first kappa shape index (κ1) is 51.0. The molecule has 0 saturated carbocycles. The number of hydrogen-bond acceptors (Lipinski definition) is 4. The van der Waals surface area contributed by atoms with Gasteiger partial charge in [0.1, 0.15) is 23.0 Å². The normalized spacial score (nSPS) is 27.9. The summed E-state index contributed by atoms with van der Waals surface area (Å²) in [6.07, 6.45) is 25.5. The largest absolute Gasteiger partial charge is 0.500 e. The number of methoxy groups -OCH3 is 4. The highest BCUT2D eigenvalue weighted by molar-refractivity contribution is 6.26. The summed E-state index contributed by atoms with van der Waals surface area (Å²) in [5.41, 5.74) is 34.6. The SMILES string of the molecule is COC1=C2c3c(OC)cc4c5c3C(C3=CC(OC)=C6c7c(c(-c8ccccc8)c8c(c7-c7ccccc7)C7=CC=CC9(C)CC(C)C=C8C79)C(=C1)C6(C)C32)C(C)C(OC)=C5C1=C4C(C2=CCCC=C2)C2C(=C1c1ccccc1)c1cccc3cccc2c13. The summed E-state index contributed by atoms with van der Waals surface area (Å²) in [6.45, 7) is 9.94. The number of allylic oxidation sites excluding steroid dienone is 22. The topological polar surface area (TPSA) is 36.9 Å². The fourth-order valence-electron chi connectivity index (χ4n) is 20.5. The Morgan fingerprint density at radius 3 is 1.92 bits per heavy atom. The Balaban J connectivity index is 0.945.